The summed E-state index contributed by atoms with van der Waals surface area (Å²) in [6.45, 7) is 0. The maximum absolute atomic E-state index is 11.9. The lowest BCUT2D eigenvalue weighted by atomic mass is 10.2. The molecule has 2 aromatic rings. The predicted molar refractivity (Wildman–Crippen MR) is 85.1 cm³/mol. The SMILES string of the molecule is COc1cc(C(=O)N/N=C\c2cccs2)ccc1I. The number of hydrogen-bond donors (Lipinski definition) is 1. The molecule has 0 aliphatic rings. The molecular weight excluding hydrogens is 375 g/mol. The summed E-state index contributed by atoms with van der Waals surface area (Å²) in [5, 5.41) is 5.86. The third kappa shape index (κ3) is 3.77. The van der Waals surface area contributed by atoms with Gasteiger partial charge in [-0.2, -0.15) is 5.10 Å². The molecule has 0 unspecified atom stereocenters. The van der Waals surface area contributed by atoms with Gasteiger partial charge in [-0.25, -0.2) is 5.43 Å². The molecule has 0 fully saturated rings. The van der Waals surface area contributed by atoms with Gasteiger partial charge >= 0.3 is 0 Å². The van der Waals surface area contributed by atoms with Gasteiger partial charge in [0.2, 0.25) is 0 Å². The van der Waals surface area contributed by atoms with Crippen LogP contribution in [0.3, 0.4) is 0 Å². The van der Waals surface area contributed by atoms with Crippen molar-refractivity contribution in [2.45, 2.75) is 0 Å². The number of thiophene rings is 1. The number of benzene rings is 1. The summed E-state index contributed by atoms with van der Waals surface area (Å²) in [6, 6.07) is 9.11. The van der Waals surface area contributed by atoms with Crippen molar-refractivity contribution in [3.63, 3.8) is 0 Å². The van der Waals surface area contributed by atoms with Crippen LogP contribution in [0.15, 0.2) is 40.8 Å². The van der Waals surface area contributed by atoms with E-state index in [1.165, 1.54) is 0 Å². The Morgan fingerprint density at radius 2 is 2.32 bits per heavy atom. The first-order chi connectivity index (χ1) is 9.20. The lowest BCUT2D eigenvalue weighted by molar-refractivity contribution is 0.0955. The Morgan fingerprint density at radius 3 is 3.00 bits per heavy atom. The molecule has 4 nitrogen and oxygen atoms in total. The first kappa shape index (κ1) is 14.0. The fourth-order valence-corrected chi connectivity index (χ4v) is 2.53. The second kappa shape index (κ2) is 6.67. The molecule has 1 aromatic carbocycles. The van der Waals surface area contributed by atoms with Gasteiger partial charge in [-0.1, -0.05) is 6.07 Å². The summed E-state index contributed by atoms with van der Waals surface area (Å²) in [5.74, 6) is 0.415. The van der Waals surface area contributed by atoms with Gasteiger partial charge in [0, 0.05) is 10.4 Å². The molecule has 0 saturated carbocycles. The average Bonchev–Trinajstić information content (AvgIpc) is 2.92. The quantitative estimate of drug-likeness (QED) is 0.499. The van der Waals surface area contributed by atoms with Crippen molar-refractivity contribution in [3.8, 4) is 5.75 Å². The van der Waals surface area contributed by atoms with Gasteiger partial charge in [-0.05, 0) is 52.2 Å². The Morgan fingerprint density at radius 1 is 1.47 bits per heavy atom. The van der Waals surface area contributed by atoms with Gasteiger partial charge < -0.3 is 4.74 Å². The highest BCUT2D eigenvalue weighted by Crippen LogP contribution is 2.21. The minimum Gasteiger partial charge on any atom is -0.496 e. The molecule has 0 spiro atoms. The number of nitrogens with one attached hydrogen (secondary N) is 1. The van der Waals surface area contributed by atoms with E-state index in [1.54, 1.807) is 36.8 Å². The van der Waals surface area contributed by atoms with Crippen LogP contribution in [0.5, 0.6) is 5.75 Å². The largest absolute Gasteiger partial charge is 0.496 e. The molecule has 0 atom stereocenters. The third-order valence-corrected chi connectivity index (χ3v) is 4.01. The number of carbonyl (C=O) groups excluding carboxylic acids is 1. The van der Waals surface area contributed by atoms with E-state index in [0.29, 0.717) is 11.3 Å². The second-order valence-electron chi connectivity index (χ2n) is 3.56. The highest BCUT2D eigenvalue weighted by atomic mass is 127. The summed E-state index contributed by atoms with van der Waals surface area (Å²) >= 11 is 3.71. The number of halogens is 1. The number of hydrogen-bond acceptors (Lipinski definition) is 4. The Hall–Kier alpha value is -1.41. The highest BCUT2D eigenvalue weighted by Gasteiger charge is 2.08. The van der Waals surface area contributed by atoms with Gasteiger partial charge in [0.15, 0.2) is 0 Å². The molecule has 0 saturated heterocycles. The van der Waals surface area contributed by atoms with Crippen molar-refractivity contribution >= 4 is 46.0 Å². The van der Waals surface area contributed by atoms with Gasteiger partial charge in [0.25, 0.3) is 5.91 Å². The van der Waals surface area contributed by atoms with Crippen LogP contribution in [0.1, 0.15) is 15.2 Å². The Labute approximate surface area is 128 Å². The predicted octanol–water partition coefficient (Wildman–Crippen LogP) is 3.13. The summed E-state index contributed by atoms with van der Waals surface area (Å²) in [4.78, 5) is 12.9. The van der Waals surface area contributed by atoms with Crippen LogP contribution in [0, 0.1) is 3.57 Å². The van der Waals surface area contributed by atoms with E-state index in [2.05, 4.69) is 33.1 Å². The fraction of sp³-hybridized carbons (Fsp3) is 0.0769. The van der Waals surface area contributed by atoms with Crippen LogP contribution >= 0.6 is 33.9 Å². The van der Waals surface area contributed by atoms with E-state index in [-0.39, 0.29) is 5.91 Å². The number of carbonyl (C=O) groups is 1. The first-order valence-electron chi connectivity index (χ1n) is 5.41. The third-order valence-electron chi connectivity index (χ3n) is 2.31. The van der Waals surface area contributed by atoms with Crippen molar-refractivity contribution < 1.29 is 9.53 Å². The monoisotopic (exact) mass is 386 g/mol. The van der Waals surface area contributed by atoms with Gasteiger partial charge in [0.1, 0.15) is 5.75 Å². The Bertz CT molecular complexity index is 597. The van der Waals surface area contributed by atoms with E-state index >= 15 is 0 Å². The molecule has 1 heterocycles. The van der Waals surface area contributed by atoms with Crippen LogP contribution in [0.2, 0.25) is 0 Å². The zero-order chi connectivity index (χ0) is 13.7. The molecule has 98 valence electrons. The Kier molecular flexibility index (Phi) is 4.92. The molecule has 1 N–H and O–H groups in total. The molecule has 6 heteroatoms. The number of nitrogens with zero attached hydrogens (tertiary/aromatic N) is 1. The zero-order valence-electron chi connectivity index (χ0n) is 10.1. The van der Waals surface area contributed by atoms with Crippen molar-refractivity contribution in [3.05, 3.63) is 49.7 Å². The van der Waals surface area contributed by atoms with E-state index in [0.717, 1.165) is 8.45 Å². The molecule has 19 heavy (non-hydrogen) atoms. The molecule has 0 aliphatic heterocycles. The molecule has 0 radical (unpaired) electrons. The number of hydrazone groups is 1. The van der Waals surface area contributed by atoms with Crippen LogP contribution in [0.4, 0.5) is 0 Å². The van der Waals surface area contributed by atoms with E-state index < -0.39 is 0 Å². The Balaban J connectivity index is 2.04. The minimum atomic E-state index is -0.262. The minimum absolute atomic E-state index is 0.262. The van der Waals surface area contributed by atoms with Crippen LogP contribution < -0.4 is 10.2 Å². The standard InChI is InChI=1S/C13H11IN2O2S/c1-18-12-7-9(4-5-11(12)14)13(17)16-15-8-10-3-2-6-19-10/h2-8H,1H3,(H,16,17)/b15-8-. The molecule has 1 aromatic heterocycles. The van der Waals surface area contributed by atoms with Crippen molar-refractivity contribution in [2.24, 2.45) is 5.10 Å². The molecule has 2 rings (SSSR count). The van der Waals surface area contributed by atoms with Crippen molar-refractivity contribution in [1.82, 2.24) is 5.43 Å². The van der Waals surface area contributed by atoms with Gasteiger partial charge in [-0.3, -0.25) is 4.79 Å². The van der Waals surface area contributed by atoms with E-state index in [1.807, 2.05) is 23.6 Å². The molecule has 0 aliphatic carbocycles. The van der Waals surface area contributed by atoms with Crippen molar-refractivity contribution in [1.29, 1.82) is 0 Å². The van der Waals surface area contributed by atoms with Crippen molar-refractivity contribution in [2.75, 3.05) is 7.11 Å². The summed E-state index contributed by atoms with van der Waals surface area (Å²) < 4.78 is 6.13. The normalized spacial score (nSPS) is 10.6. The summed E-state index contributed by atoms with van der Waals surface area (Å²) in [6.07, 6.45) is 1.62. The van der Waals surface area contributed by atoms with Crippen LogP contribution in [0.25, 0.3) is 0 Å². The van der Waals surface area contributed by atoms with Crippen LogP contribution in [-0.4, -0.2) is 19.2 Å². The highest BCUT2D eigenvalue weighted by molar-refractivity contribution is 14.1. The van der Waals surface area contributed by atoms with Gasteiger partial charge in [-0.15, -0.1) is 11.3 Å². The molecule has 0 bridgehead atoms. The van der Waals surface area contributed by atoms with E-state index in [4.69, 9.17) is 4.74 Å². The lowest BCUT2D eigenvalue weighted by Crippen LogP contribution is -2.17. The summed E-state index contributed by atoms with van der Waals surface area (Å²) in [7, 11) is 1.58. The topological polar surface area (TPSA) is 50.7 Å². The average molecular weight is 386 g/mol. The van der Waals surface area contributed by atoms with Gasteiger partial charge in [0.05, 0.1) is 16.9 Å². The number of ether oxygens (including phenoxy) is 1. The maximum Gasteiger partial charge on any atom is 0.271 e. The number of amides is 1. The fourth-order valence-electron chi connectivity index (χ4n) is 1.38. The molecule has 1 amide bonds. The lowest BCUT2D eigenvalue weighted by Gasteiger charge is -2.05. The number of methoxy groups -OCH3 is 1. The number of rotatable bonds is 4. The zero-order valence-corrected chi connectivity index (χ0v) is 13.1. The summed E-state index contributed by atoms with van der Waals surface area (Å²) in [5.41, 5.74) is 3.00. The van der Waals surface area contributed by atoms with E-state index in [9.17, 15) is 4.79 Å². The maximum atomic E-state index is 11.9. The first-order valence-corrected chi connectivity index (χ1v) is 7.37. The smallest absolute Gasteiger partial charge is 0.271 e. The molecular formula is C13H11IN2O2S. The van der Waals surface area contributed by atoms with Crippen LogP contribution in [-0.2, 0) is 0 Å². The second-order valence-corrected chi connectivity index (χ2v) is 5.71.